The number of halogens is 2. The Hall–Kier alpha value is -0.220. The van der Waals surface area contributed by atoms with Crippen molar-refractivity contribution in [3.05, 3.63) is 0 Å². The summed E-state index contributed by atoms with van der Waals surface area (Å²) in [6.45, 7) is 2.18. The Morgan fingerprint density at radius 2 is 2.07 bits per heavy atom. The molecule has 1 saturated carbocycles. The molecule has 0 aromatic rings. The molecular formula is C11H17F2NO. The van der Waals surface area contributed by atoms with Gasteiger partial charge in [0.2, 0.25) is 0 Å². The Morgan fingerprint density at radius 1 is 1.33 bits per heavy atom. The van der Waals surface area contributed by atoms with Gasteiger partial charge < -0.3 is 4.74 Å². The van der Waals surface area contributed by atoms with E-state index in [9.17, 15) is 8.78 Å². The highest BCUT2D eigenvalue weighted by Crippen LogP contribution is 2.69. The average Bonchev–Trinajstić information content (AvgIpc) is 2.43. The van der Waals surface area contributed by atoms with E-state index in [2.05, 4.69) is 4.90 Å². The van der Waals surface area contributed by atoms with Crippen LogP contribution in [0, 0.1) is 5.41 Å². The Balaban J connectivity index is 1.83. The van der Waals surface area contributed by atoms with E-state index in [0.29, 0.717) is 19.6 Å². The zero-order valence-electron chi connectivity index (χ0n) is 9.06. The maximum absolute atomic E-state index is 13.3. The second-order valence-corrected chi connectivity index (χ2v) is 5.52. The number of ether oxygens (including phenoxy) is 1. The Morgan fingerprint density at radius 3 is 2.67 bits per heavy atom. The van der Waals surface area contributed by atoms with Crippen molar-refractivity contribution < 1.29 is 13.5 Å². The second-order valence-electron chi connectivity index (χ2n) is 5.52. The van der Waals surface area contributed by atoms with Gasteiger partial charge in [-0.15, -0.1) is 0 Å². The maximum atomic E-state index is 13.3. The molecule has 2 heterocycles. The number of hydrogen-bond acceptors (Lipinski definition) is 2. The molecule has 2 saturated heterocycles. The summed E-state index contributed by atoms with van der Waals surface area (Å²) < 4.78 is 31.9. The third-order valence-corrected chi connectivity index (χ3v) is 4.53. The molecule has 0 bridgehead atoms. The molecule has 2 nitrogen and oxygen atoms in total. The van der Waals surface area contributed by atoms with Gasteiger partial charge in [-0.3, -0.25) is 4.90 Å². The van der Waals surface area contributed by atoms with Crippen LogP contribution in [0.15, 0.2) is 0 Å². The lowest BCUT2D eigenvalue weighted by Gasteiger charge is -2.30. The van der Waals surface area contributed by atoms with Crippen molar-refractivity contribution in [2.75, 3.05) is 26.8 Å². The summed E-state index contributed by atoms with van der Waals surface area (Å²) in [7, 11) is 1.67. The van der Waals surface area contributed by atoms with Crippen LogP contribution in [0.5, 0.6) is 0 Å². The summed E-state index contributed by atoms with van der Waals surface area (Å²) in [5, 5.41) is 0. The minimum Gasteiger partial charge on any atom is -0.383 e. The van der Waals surface area contributed by atoms with Gasteiger partial charge >= 0.3 is 0 Å². The highest BCUT2D eigenvalue weighted by molar-refractivity contribution is 5.22. The molecule has 0 radical (unpaired) electrons. The number of rotatable bonds is 2. The van der Waals surface area contributed by atoms with Crippen LogP contribution >= 0.6 is 0 Å². The first-order valence-corrected chi connectivity index (χ1v) is 5.66. The van der Waals surface area contributed by atoms with Crippen molar-refractivity contribution in [3.8, 4) is 0 Å². The van der Waals surface area contributed by atoms with Gasteiger partial charge in [-0.1, -0.05) is 0 Å². The molecule has 3 fully saturated rings. The van der Waals surface area contributed by atoms with Crippen molar-refractivity contribution >= 4 is 0 Å². The van der Waals surface area contributed by atoms with Gasteiger partial charge in [-0.25, -0.2) is 8.78 Å². The van der Waals surface area contributed by atoms with E-state index in [1.807, 2.05) is 0 Å². The van der Waals surface area contributed by atoms with Gasteiger partial charge in [-0.2, -0.15) is 0 Å². The molecule has 2 aliphatic heterocycles. The molecule has 3 rings (SSSR count). The summed E-state index contributed by atoms with van der Waals surface area (Å²) in [4.78, 5) is 2.25. The minimum absolute atomic E-state index is 0.0608. The van der Waals surface area contributed by atoms with Gasteiger partial charge in [0.1, 0.15) is 0 Å². The first kappa shape index (κ1) is 9.97. The fourth-order valence-corrected chi connectivity index (χ4v) is 3.72. The average molecular weight is 217 g/mol. The molecule has 1 aliphatic carbocycles. The number of hydrogen-bond donors (Lipinski definition) is 0. The summed E-state index contributed by atoms with van der Waals surface area (Å²) in [6.07, 6.45) is 2.90. The van der Waals surface area contributed by atoms with E-state index in [1.54, 1.807) is 7.11 Å². The Kier molecular flexibility index (Phi) is 1.81. The first-order valence-electron chi connectivity index (χ1n) is 5.66. The highest BCUT2D eigenvalue weighted by Gasteiger charge is 2.76. The van der Waals surface area contributed by atoms with Crippen LogP contribution in [-0.4, -0.2) is 43.2 Å². The van der Waals surface area contributed by atoms with Crippen LogP contribution in [-0.2, 0) is 4.74 Å². The molecule has 0 aromatic heterocycles. The third-order valence-electron chi connectivity index (χ3n) is 4.53. The van der Waals surface area contributed by atoms with Crippen molar-refractivity contribution in [1.82, 2.24) is 4.90 Å². The molecule has 0 amide bonds. The first-order chi connectivity index (χ1) is 7.04. The quantitative estimate of drug-likeness (QED) is 0.700. The molecule has 0 aromatic carbocycles. The Bertz CT molecular complexity index is 296. The van der Waals surface area contributed by atoms with Gasteiger partial charge in [0, 0.05) is 25.6 Å². The molecule has 0 unspecified atom stereocenters. The highest BCUT2D eigenvalue weighted by atomic mass is 19.3. The predicted molar refractivity (Wildman–Crippen MR) is 52.0 cm³/mol. The lowest BCUT2D eigenvalue weighted by molar-refractivity contribution is 0.0581. The molecule has 2 atom stereocenters. The van der Waals surface area contributed by atoms with Crippen LogP contribution in [0.3, 0.4) is 0 Å². The van der Waals surface area contributed by atoms with Crippen LogP contribution in [0.4, 0.5) is 8.78 Å². The van der Waals surface area contributed by atoms with E-state index in [1.165, 1.54) is 0 Å². The smallest absolute Gasteiger partial charge is 0.255 e. The largest absolute Gasteiger partial charge is 0.383 e. The van der Waals surface area contributed by atoms with Gasteiger partial charge in [-0.05, 0) is 25.8 Å². The number of methoxy groups -OCH3 is 1. The van der Waals surface area contributed by atoms with E-state index in [-0.39, 0.29) is 12.0 Å². The molecule has 4 heteroatoms. The van der Waals surface area contributed by atoms with Crippen LogP contribution in [0.25, 0.3) is 0 Å². The molecule has 0 N–H and O–H groups in total. The lowest BCUT2D eigenvalue weighted by atomic mass is 9.89. The fourth-order valence-electron chi connectivity index (χ4n) is 3.72. The third kappa shape index (κ3) is 1.15. The summed E-state index contributed by atoms with van der Waals surface area (Å²) in [6, 6.07) is 0. The van der Waals surface area contributed by atoms with Crippen LogP contribution < -0.4 is 0 Å². The normalized spacial score (nSPS) is 47.4. The van der Waals surface area contributed by atoms with Crippen LogP contribution in [0.2, 0.25) is 0 Å². The SMILES string of the molecule is COC[C@@]12CCCN1C[C@]1(CC1(F)F)C2. The number of alkyl halides is 2. The van der Waals surface area contributed by atoms with E-state index >= 15 is 0 Å². The number of nitrogens with zero attached hydrogens (tertiary/aromatic N) is 1. The van der Waals surface area contributed by atoms with Crippen molar-refractivity contribution in [3.63, 3.8) is 0 Å². The van der Waals surface area contributed by atoms with Crippen LogP contribution in [0.1, 0.15) is 25.7 Å². The fraction of sp³-hybridized carbons (Fsp3) is 1.00. The predicted octanol–water partition coefficient (Wildman–Crippen LogP) is 1.90. The maximum Gasteiger partial charge on any atom is 0.255 e. The number of fused-ring (bicyclic) bond motifs is 1. The standard InChI is InChI=1S/C11H17F2NO/c1-15-8-10-3-2-4-14(10)7-9(5-10)6-11(9,12)13/h2-8H2,1H3/t9-,10+/m1/s1. The van der Waals surface area contributed by atoms with Gasteiger partial charge in [0.05, 0.1) is 12.0 Å². The second kappa shape index (κ2) is 2.72. The van der Waals surface area contributed by atoms with E-state index in [0.717, 1.165) is 19.4 Å². The molecule has 1 spiro atoms. The molecular weight excluding hydrogens is 200 g/mol. The van der Waals surface area contributed by atoms with Gasteiger partial charge in [0.15, 0.2) is 0 Å². The zero-order valence-corrected chi connectivity index (χ0v) is 9.06. The zero-order chi connectivity index (χ0) is 10.7. The molecule has 86 valence electrons. The topological polar surface area (TPSA) is 12.5 Å². The summed E-state index contributed by atoms with van der Waals surface area (Å²) in [5.74, 6) is -2.40. The summed E-state index contributed by atoms with van der Waals surface area (Å²) >= 11 is 0. The van der Waals surface area contributed by atoms with Gasteiger partial charge in [0.25, 0.3) is 5.92 Å². The summed E-state index contributed by atoms with van der Waals surface area (Å²) in [5.41, 5.74) is -0.749. The molecule has 3 aliphatic rings. The molecule has 15 heavy (non-hydrogen) atoms. The van der Waals surface area contributed by atoms with E-state index in [4.69, 9.17) is 4.74 Å². The minimum atomic E-state index is -2.40. The van der Waals surface area contributed by atoms with Crippen molar-refractivity contribution in [1.29, 1.82) is 0 Å². The van der Waals surface area contributed by atoms with E-state index < -0.39 is 11.3 Å². The van der Waals surface area contributed by atoms with Crippen molar-refractivity contribution in [2.24, 2.45) is 5.41 Å². The lowest BCUT2D eigenvalue weighted by Crippen LogP contribution is -2.42. The monoisotopic (exact) mass is 217 g/mol. The Labute approximate surface area is 88.6 Å². The van der Waals surface area contributed by atoms with Crippen molar-refractivity contribution in [2.45, 2.75) is 37.1 Å².